The van der Waals surface area contributed by atoms with Crippen molar-refractivity contribution in [2.45, 2.75) is 25.6 Å². The van der Waals surface area contributed by atoms with Crippen LogP contribution in [0, 0.1) is 0 Å². The lowest BCUT2D eigenvalue weighted by molar-refractivity contribution is -0.126. The van der Waals surface area contributed by atoms with Gasteiger partial charge in [0.25, 0.3) is 0 Å². The van der Waals surface area contributed by atoms with E-state index in [9.17, 15) is 18.4 Å². The van der Waals surface area contributed by atoms with Crippen LogP contribution in [0.15, 0.2) is 24.3 Å². The molecule has 5 N–H and O–H groups in total. The molecule has 0 fully saturated rings. The van der Waals surface area contributed by atoms with Crippen molar-refractivity contribution in [3.8, 4) is 5.75 Å². The summed E-state index contributed by atoms with van der Waals surface area (Å²) in [5, 5.41) is 2.42. The zero-order chi connectivity index (χ0) is 15.1. The summed E-state index contributed by atoms with van der Waals surface area (Å²) in [6.07, 6.45) is -0.291. The Balaban J connectivity index is 2.61. The van der Waals surface area contributed by atoms with Crippen LogP contribution in [0.1, 0.15) is 12.0 Å². The van der Waals surface area contributed by atoms with Crippen LogP contribution in [0.3, 0.4) is 0 Å². The van der Waals surface area contributed by atoms with E-state index in [1.165, 1.54) is 18.2 Å². The van der Waals surface area contributed by atoms with E-state index in [2.05, 4.69) is 10.1 Å². The zero-order valence-corrected chi connectivity index (χ0v) is 10.5. The molecule has 8 heteroatoms. The fourth-order valence-corrected chi connectivity index (χ4v) is 1.48. The summed E-state index contributed by atoms with van der Waals surface area (Å²) in [5.41, 5.74) is 10.7. The second-order valence-corrected chi connectivity index (χ2v) is 3.98. The Bertz CT molecular complexity index is 483. The third-order valence-electron chi connectivity index (χ3n) is 2.40. The van der Waals surface area contributed by atoms with Gasteiger partial charge < -0.3 is 21.5 Å². The number of nitrogens with two attached hydrogens (primary N) is 2. The Labute approximate surface area is 114 Å². The molecule has 6 nitrogen and oxygen atoms in total. The predicted molar refractivity (Wildman–Crippen MR) is 66.7 cm³/mol. The Morgan fingerprint density at radius 2 is 1.95 bits per heavy atom. The zero-order valence-electron chi connectivity index (χ0n) is 10.5. The third kappa shape index (κ3) is 5.19. The molecule has 0 radical (unpaired) electrons. The Morgan fingerprint density at radius 3 is 2.55 bits per heavy atom. The SMILES string of the molecule is NC(=O)CC(N)C(=O)NCc1ccccc1OC(F)F. The van der Waals surface area contributed by atoms with Crippen LogP contribution >= 0.6 is 0 Å². The van der Waals surface area contributed by atoms with Crippen molar-refractivity contribution in [2.24, 2.45) is 11.5 Å². The maximum atomic E-state index is 12.2. The molecule has 0 aliphatic rings. The molecule has 1 unspecified atom stereocenters. The summed E-state index contributed by atoms with van der Waals surface area (Å²) in [6, 6.07) is 4.95. The first-order valence-electron chi connectivity index (χ1n) is 5.74. The quantitative estimate of drug-likeness (QED) is 0.661. The molecule has 0 aliphatic heterocycles. The molecule has 0 heterocycles. The van der Waals surface area contributed by atoms with Gasteiger partial charge in [-0.3, -0.25) is 9.59 Å². The van der Waals surface area contributed by atoms with Crippen molar-refractivity contribution < 1.29 is 23.1 Å². The molecule has 1 aromatic rings. The molecule has 1 aromatic carbocycles. The molecule has 1 rings (SSSR count). The number of hydrogen-bond acceptors (Lipinski definition) is 4. The third-order valence-corrected chi connectivity index (χ3v) is 2.40. The Morgan fingerprint density at radius 1 is 1.30 bits per heavy atom. The molecule has 0 aliphatic carbocycles. The molecular formula is C12H15F2N3O3. The lowest BCUT2D eigenvalue weighted by Crippen LogP contribution is -2.42. The van der Waals surface area contributed by atoms with Crippen LogP contribution in [-0.4, -0.2) is 24.5 Å². The van der Waals surface area contributed by atoms with E-state index in [1.807, 2.05) is 0 Å². The fraction of sp³-hybridized carbons (Fsp3) is 0.333. The number of nitrogens with one attached hydrogen (secondary N) is 1. The van der Waals surface area contributed by atoms with E-state index >= 15 is 0 Å². The fourth-order valence-electron chi connectivity index (χ4n) is 1.48. The monoisotopic (exact) mass is 287 g/mol. The van der Waals surface area contributed by atoms with E-state index < -0.39 is 24.5 Å². The van der Waals surface area contributed by atoms with Crippen LogP contribution in [0.4, 0.5) is 8.78 Å². The van der Waals surface area contributed by atoms with Crippen molar-refractivity contribution in [1.29, 1.82) is 0 Å². The van der Waals surface area contributed by atoms with E-state index in [4.69, 9.17) is 11.5 Å². The van der Waals surface area contributed by atoms with Crippen LogP contribution in [0.2, 0.25) is 0 Å². The summed E-state index contributed by atoms with van der Waals surface area (Å²) < 4.78 is 28.7. The van der Waals surface area contributed by atoms with Crippen LogP contribution in [-0.2, 0) is 16.1 Å². The van der Waals surface area contributed by atoms with Gasteiger partial charge in [-0.1, -0.05) is 18.2 Å². The lowest BCUT2D eigenvalue weighted by atomic mass is 10.1. The second kappa shape index (κ2) is 7.39. The van der Waals surface area contributed by atoms with E-state index in [0.29, 0.717) is 5.56 Å². The maximum absolute atomic E-state index is 12.2. The van der Waals surface area contributed by atoms with Crippen molar-refractivity contribution in [3.05, 3.63) is 29.8 Å². The van der Waals surface area contributed by atoms with E-state index in [0.717, 1.165) is 0 Å². The molecular weight excluding hydrogens is 272 g/mol. The van der Waals surface area contributed by atoms with Crippen LogP contribution < -0.4 is 21.5 Å². The van der Waals surface area contributed by atoms with E-state index in [-0.39, 0.29) is 18.7 Å². The number of carbonyl (C=O) groups excluding carboxylic acids is 2. The molecule has 1 atom stereocenters. The molecule has 0 aromatic heterocycles. The Hall–Kier alpha value is -2.22. The minimum absolute atomic E-state index is 0.0359. The molecule has 20 heavy (non-hydrogen) atoms. The van der Waals surface area contributed by atoms with Gasteiger partial charge in [-0.05, 0) is 6.07 Å². The lowest BCUT2D eigenvalue weighted by Gasteiger charge is -2.13. The van der Waals surface area contributed by atoms with Gasteiger partial charge in [-0.25, -0.2) is 0 Å². The number of para-hydroxylation sites is 1. The van der Waals surface area contributed by atoms with Gasteiger partial charge in [-0.15, -0.1) is 0 Å². The summed E-state index contributed by atoms with van der Waals surface area (Å²) in [4.78, 5) is 22.2. The van der Waals surface area contributed by atoms with Gasteiger partial charge >= 0.3 is 6.61 Å². The molecule has 0 saturated carbocycles. The number of benzene rings is 1. The van der Waals surface area contributed by atoms with Crippen LogP contribution in [0.25, 0.3) is 0 Å². The summed E-state index contributed by atoms with van der Waals surface area (Å²) >= 11 is 0. The van der Waals surface area contributed by atoms with Crippen molar-refractivity contribution in [3.63, 3.8) is 0 Å². The average Bonchev–Trinajstić information content (AvgIpc) is 2.35. The second-order valence-electron chi connectivity index (χ2n) is 3.98. The van der Waals surface area contributed by atoms with Gasteiger partial charge in [0.1, 0.15) is 5.75 Å². The first kappa shape index (κ1) is 15.8. The van der Waals surface area contributed by atoms with Crippen molar-refractivity contribution in [2.75, 3.05) is 0 Å². The number of alkyl halides is 2. The summed E-state index contributed by atoms with van der Waals surface area (Å²) in [7, 11) is 0. The highest BCUT2D eigenvalue weighted by atomic mass is 19.3. The van der Waals surface area contributed by atoms with Gasteiger partial charge in [0.05, 0.1) is 12.5 Å². The highest BCUT2D eigenvalue weighted by molar-refractivity contribution is 5.87. The average molecular weight is 287 g/mol. The smallest absolute Gasteiger partial charge is 0.387 e. The largest absolute Gasteiger partial charge is 0.434 e. The maximum Gasteiger partial charge on any atom is 0.387 e. The van der Waals surface area contributed by atoms with Crippen LogP contribution in [0.5, 0.6) is 5.75 Å². The minimum atomic E-state index is -2.95. The minimum Gasteiger partial charge on any atom is -0.434 e. The Kier molecular flexibility index (Phi) is 5.85. The highest BCUT2D eigenvalue weighted by Crippen LogP contribution is 2.19. The number of carbonyl (C=O) groups is 2. The number of amides is 2. The number of halogens is 2. The number of hydrogen-bond donors (Lipinski definition) is 3. The first-order chi connectivity index (χ1) is 9.40. The topological polar surface area (TPSA) is 107 Å². The van der Waals surface area contributed by atoms with Crippen molar-refractivity contribution >= 4 is 11.8 Å². The van der Waals surface area contributed by atoms with Gasteiger partial charge in [0.15, 0.2) is 0 Å². The molecule has 0 saturated heterocycles. The van der Waals surface area contributed by atoms with E-state index in [1.54, 1.807) is 6.07 Å². The van der Waals surface area contributed by atoms with Gasteiger partial charge in [0, 0.05) is 12.1 Å². The number of ether oxygens (including phenoxy) is 1. The molecule has 110 valence electrons. The molecule has 0 bridgehead atoms. The highest BCUT2D eigenvalue weighted by Gasteiger charge is 2.16. The number of rotatable bonds is 7. The number of primary amides is 1. The molecule has 2 amide bonds. The molecule has 0 spiro atoms. The predicted octanol–water partition coefficient (Wildman–Crippen LogP) is 0.107. The summed E-state index contributed by atoms with van der Waals surface area (Å²) in [6.45, 7) is -3.00. The van der Waals surface area contributed by atoms with Crippen molar-refractivity contribution in [1.82, 2.24) is 5.32 Å². The summed E-state index contributed by atoms with van der Waals surface area (Å²) in [5.74, 6) is -1.34. The standard InChI is InChI=1S/C12H15F2N3O3/c13-12(14)20-9-4-2-1-3-7(9)6-17-11(19)8(15)5-10(16)18/h1-4,8,12H,5-6,15H2,(H2,16,18)(H,17,19). The van der Waals surface area contributed by atoms with Gasteiger partial charge in [0.2, 0.25) is 11.8 Å². The first-order valence-corrected chi connectivity index (χ1v) is 5.74. The van der Waals surface area contributed by atoms with Gasteiger partial charge in [-0.2, -0.15) is 8.78 Å². The normalized spacial score (nSPS) is 12.0.